The minimum Gasteiger partial charge on any atom is -0.496 e. The number of hydrogen-bond acceptors (Lipinski definition) is 7. The van der Waals surface area contributed by atoms with E-state index in [1.807, 2.05) is 0 Å². The van der Waals surface area contributed by atoms with Crippen molar-refractivity contribution in [3.8, 4) is 17.2 Å². The van der Waals surface area contributed by atoms with E-state index in [0.717, 1.165) is 0 Å². The van der Waals surface area contributed by atoms with Gasteiger partial charge in [-0.05, 0) is 24.6 Å². The lowest BCUT2D eigenvalue weighted by Gasteiger charge is -2.35. The topological polar surface area (TPSA) is 111 Å². The van der Waals surface area contributed by atoms with Crippen LogP contribution in [0.4, 0.5) is 5.69 Å². The summed E-state index contributed by atoms with van der Waals surface area (Å²) in [5.41, 5.74) is -0.883. The molecule has 2 aromatic carbocycles. The third kappa shape index (κ3) is 3.55. The molecule has 0 unspecified atom stereocenters. The maximum atomic E-state index is 13.5. The zero-order chi connectivity index (χ0) is 24.1. The smallest absolute Gasteiger partial charge is 0.337 e. The molecule has 10 heteroatoms. The molecule has 172 valence electrons. The van der Waals surface area contributed by atoms with Gasteiger partial charge in [-0.3, -0.25) is 9.59 Å². The molecule has 0 bridgehead atoms. The molecular formula is C23H19BrClNO7. The molecule has 0 aromatic heterocycles. The van der Waals surface area contributed by atoms with Crippen LogP contribution >= 0.6 is 27.5 Å². The number of ether oxygens (including phenoxy) is 3. The van der Waals surface area contributed by atoms with Crippen molar-refractivity contribution in [2.75, 3.05) is 19.5 Å². The van der Waals surface area contributed by atoms with E-state index in [1.165, 1.54) is 32.4 Å². The Balaban J connectivity index is 1.73. The fraction of sp³-hybridized carbons (Fsp3) is 0.261. The lowest BCUT2D eigenvalue weighted by atomic mass is 9.74. The number of fused-ring (bicyclic) bond motifs is 1. The van der Waals surface area contributed by atoms with Gasteiger partial charge in [0.05, 0.1) is 25.5 Å². The zero-order valence-corrected chi connectivity index (χ0v) is 20.2. The van der Waals surface area contributed by atoms with Gasteiger partial charge in [0.1, 0.15) is 22.1 Å². The highest BCUT2D eigenvalue weighted by atomic mass is 79.9. The summed E-state index contributed by atoms with van der Waals surface area (Å²) in [6, 6.07) is 6.22. The normalized spacial score (nSPS) is 21.4. The number of carboxylic acids is 1. The van der Waals surface area contributed by atoms with Crippen LogP contribution in [0.1, 0.15) is 34.1 Å². The minimum absolute atomic E-state index is 0.0369. The van der Waals surface area contributed by atoms with E-state index in [1.54, 1.807) is 19.1 Å². The third-order valence-corrected chi connectivity index (χ3v) is 6.67. The van der Waals surface area contributed by atoms with Gasteiger partial charge in [0.25, 0.3) is 0 Å². The average molecular weight is 537 g/mol. The van der Waals surface area contributed by atoms with Crippen LogP contribution < -0.4 is 19.5 Å². The van der Waals surface area contributed by atoms with E-state index in [2.05, 4.69) is 21.2 Å². The van der Waals surface area contributed by atoms with Gasteiger partial charge in [0, 0.05) is 28.2 Å². The molecule has 1 aliphatic heterocycles. The van der Waals surface area contributed by atoms with Gasteiger partial charge >= 0.3 is 5.97 Å². The first kappa shape index (κ1) is 23.1. The van der Waals surface area contributed by atoms with Crippen LogP contribution in [0.2, 0.25) is 5.02 Å². The number of benzene rings is 2. The highest BCUT2D eigenvalue weighted by Crippen LogP contribution is 2.53. The van der Waals surface area contributed by atoms with Crippen molar-refractivity contribution in [3.63, 3.8) is 0 Å². The number of rotatable bonds is 5. The van der Waals surface area contributed by atoms with Gasteiger partial charge < -0.3 is 24.6 Å². The molecule has 0 amide bonds. The van der Waals surface area contributed by atoms with Crippen LogP contribution in [0.5, 0.6) is 17.2 Å². The molecule has 0 radical (unpaired) electrons. The molecule has 0 saturated carbocycles. The summed E-state index contributed by atoms with van der Waals surface area (Å²) in [6.45, 7) is 1.72. The fourth-order valence-electron chi connectivity index (χ4n) is 4.19. The standard InChI is InChI=1S/C23H19BrClNO7/c1-10-6-12(26-14-5-4-11(24)7-13(14)22(29)30)8-17(27)23(10)21(28)18-15(31-2)9-16(32-3)19(25)20(18)33-23/h4-5,7-10,26H,6H2,1-3H3,(H,29,30)/t10-,23+/m1/s1. The Kier molecular flexibility index (Phi) is 5.88. The number of carboxylic acid groups (broad SMARTS) is 1. The van der Waals surface area contributed by atoms with Crippen molar-refractivity contribution in [2.24, 2.45) is 5.92 Å². The number of aromatic carboxylic acids is 1. The summed E-state index contributed by atoms with van der Waals surface area (Å²) in [7, 11) is 2.82. The van der Waals surface area contributed by atoms with Gasteiger partial charge in [-0.2, -0.15) is 0 Å². The number of allylic oxidation sites excluding steroid dienone is 1. The number of carbonyl (C=O) groups excluding carboxylic acids is 2. The van der Waals surface area contributed by atoms with E-state index >= 15 is 0 Å². The zero-order valence-electron chi connectivity index (χ0n) is 17.8. The van der Waals surface area contributed by atoms with Crippen LogP contribution in [0.3, 0.4) is 0 Å². The largest absolute Gasteiger partial charge is 0.496 e. The summed E-state index contributed by atoms with van der Waals surface area (Å²) in [6.07, 6.45) is 1.52. The number of methoxy groups -OCH3 is 2. The Morgan fingerprint density at radius 2 is 1.94 bits per heavy atom. The number of halogens is 2. The Hall–Kier alpha value is -3.04. The SMILES string of the molecule is COc1cc(OC)c2c(c1Cl)O[C@@]1(C(=O)C=C(Nc3ccc(Br)cc3C(=O)O)C[C@H]1C)C2=O. The summed E-state index contributed by atoms with van der Waals surface area (Å²) in [5, 5.41) is 12.6. The van der Waals surface area contributed by atoms with E-state index in [9.17, 15) is 19.5 Å². The molecule has 1 spiro atoms. The van der Waals surface area contributed by atoms with Crippen molar-refractivity contribution in [3.05, 3.63) is 56.7 Å². The summed E-state index contributed by atoms with van der Waals surface area (Å²) >= 11 is 9.64. The van der Waals surface area contributed by atoms with E-state index in [4.69, 9.17) is 25.8 Å². The summed E-state index contributed by atoms with van der Waals surface area (Å²) in [4.78, 5) is 38.5. The predicted octanol–water partition coefficient (Wildman–Crippen LogP) is 4.74. The number of hydrogen-bond donors (Lipinski definition) is 2. The molecule has 4 rings (SSSR count). The second kappa shape index (κ2) is 8.39. The monoisotopic (exact) mass is 535 g/mol. The van der Waals surface area contributed by atoms with Crippen molar-refractivity contribution in [2.45, 2.75) is 18.9 Å². The highest BCUT2D eigenvalue weighted by Gasteiger charge is 2.60. The number of anilines is 1. The lowest BCUT2D eigenvalue weighted by Crippen LogP contribution is -2.55. The van der Waals surface area contributed by atoms with Crippen LogP contribution in [-0.2, 0) is 4.79 Å². The molecule has 2 aliphatic rings. The van der Waals surface area contributed by atoms with Crippen molar-refractivity contribution >= 4 is 50.8 Å². The number of carbonyl (C=O) groups is 3. The number of ketones is 2. The maximum Gasteiger partial charge on any atom is 0.337 e. The van der Waals surface area contributed by atoms with Crippen molar-refractivity contribution < 1.29 is 33.7 Å². The van der Waals surface area contributed by atoms with E-state index in [0.29, 0.717) is 15.9 Å². The Labute approximate surface area is 202 Å². The van der Waals surface area contributed by atoms with Gasteiger partial charge in [0.2, 0.25) is 17.2 Å². The molecule has 33 heavy (non-hydrogen) atoms. The first-order chi connectivity index (χ1) is 15.6. The predicted molar refractivity (Wildman–Crippen MR) is 124 cm³/mol. The van der Waals surface area contributed by atoms with Crippen LogP contribution in [0.25, 0.3) is 0 Å². The number of nitrogens with one attached hydrogen (secondary N) is 1. The average Bonchev–Trinajstić information content (AvgIpc) is 3.09. The third-order valence-electron chi connectivity index (χ3n) is 5.82. The fourth-order valence-corrected chi connectivity index (χ4v) is 4.82. The molecule has 0 saturated heterocycles. The lowest BCUT2D eigenvalue weighted by molar-refractivity contribution is -0.129. The number of Topliss-reactive ketones (excluding diaryl/α,β-unsaturated/α-hetero) is 1. The minimum atomic E-state index is -1.80. The van der Waals surface area contributed by atoms with Gasteiger partial charge in [0.15, 0.2) is 5.75 Å². The first-order valence-electron chi connectivity index (χ1n) is 9.87. The van der Waals surface area contributed by atoms with E-state index < -0.39 is 29.1 Å². The van der Waals surface area contributed by atoms with E-state index in [-0.39, 0.29) is 39.8 Å². The first-order valence-corrected chi connectivity index (χ1v) is 11.0. The molecule has 2 atom stereocenters. The molecule has 0 fully saturated rings. The van der Waals surface area contributed by atoms with Crippen LogP contribution in [-0.4, -0.2) is 42.5 Å². The van der Waals surface area contributed by atoms with Crippen molar-refractivity contribution in [1.82, 2.24) is 0 Å². The van der Waals surface area contributed by atoms with Gasteiger partial charge in [-0.15, -0.1) is 0 Å². The summed E-state index contributed by atoms with van der Waals surface area (Å²) in [5.74, 6) is -2.33. The summed E-state index contributed by atoms with van der Waals surface area (Å²) < 4.78 is 17.2. The Morgan fingerprint density at radius 3 is 2.55 bits per heavy atom. The highest BCUT2D eigenvalue weighted by molar-refractivity contribution is 9.10. The Bertz CT molecular complexity index is 1240. The van der Waals surface area contributed by atoms with Crippen LogP contribution in [0.15, 0.2) is 40.5 Å². The molecule has 2 aromatic rings. The molecule has 1 heterocycles. The van der Waals surface area contributed by atoms with Crippen molar-refractivity contribution in [1.29, 1.82) is 0 Å². The molecule has 8 nitrogen and oxygen atoms in total. The second-order valence-corrected chi connectivity index (χ2v) is 9.02. The Morgan fingerprint density at radius 1 is 1.24 bits per heavy atom. The van der Waals surface area contributed by atoms with Gasteiger partial charge in [-0.25, -0.2) is 4.79 Å². The van der Waals surface area contributed by atoms with Crippen LogP contribution in [0, 0.1) is 5.92 Å². The quantitative estimate of drug-likeness (QED) is 0.527. The van der Waals surface area contributed by atoms with Gasteiger partial charge in [-0.1, -0.05) is 34.5 Å². The molecule has 1 aliphatic carbocycles. The second-order valence-electron chi connectivity index (χ2n) is 7.73. The molecular weight excluding hydrogens is 518 g/mol. The molecule has 2 N–H and O–H groups in total. The maximum absolute atomic E-state index is 13.5.